The zero-order valence-electron chi connectivity index (χ0n) is 19.4. The van der Waals surface area contributed by atoms with Gasteiger partial charge in [0.15, 0.2) is 11.6 Å². The van der Waals surface area contributed by atoms with Crippen molar-refractivity contribution < 1.29 is 4.79 Å². The van der Waals surface area contributed by atoms with E-state index in [0.717, 1.165) is 36.5 Å². The predicted molar refractivity (Wildman–Crippen MR) is 134 cm³/mol. The molecule has 1 fully saturated rings. The standard InChI is InChI=1S/C24H24ClN9O2/c25-19-5-3-17(4-6-19)20-7-8-21(30-29-20)32-12-1-2-18(14-32)24(36)27-11-13-33-23(35)10-9-22(31-33)34-16-26-15-28-34/h3-10,15-16,18H,1-2,11-14H2,(H,27,36). The van der Waals surface area contributed by atoms with E-state index in [1.54, 1.807) is 6.07 Å². The van der Waals surface area contributed by atoms with Gasteiger partial charge in [-0.15, -0.1) is 15.3 Å². The number of carbonyl (C=O) groups excluding carboxylic acids is 1. The summed E-state index contributed by atoms with van der Waals surface area (Å²) >= 11 is 5.96. The van der Waals surface area contributed by atoms with Crippen LogP contribution < -0.4 is 15.8 Å². The molecule has 184 valence electrons. The Morgan fingerprint density at radius 1 is 1.06 bits per heavy atom. The Morgan fingerprint density at radius 2 is 1.89 bits per heavy atom. The van der Waals surface area contributed by atoms with Crippen LogP contribution in [0.5, 0.6) is 0 Å². The summed E-state index contributed by atoms with van der Waals surface area (Å²) < 4.78 is 2.78. The fraction of sp³-hybridized carbons (Fsp3) is 0.292. The highest BCUT2D eigenvalue weighted by atomic mass is 35.5. The highest BCUT2D eigenvalue weighted by Crippen LogP contribution is 2.24. The fourth-order valence-corrected chi connectivity index (χ4v) is 4.27. The molecule has 1 aliphatic rings. The van der Waals surface area contributed by atoms with E-state index in [-0.39, 0.29) is 23.9 Å². The number of halogens is 1. The van der Waals surface area contributed by atoms with Gasteiger partial charge in [-0.2, -0.15) is 5.10 Å². The topological polar surface area (TPSA) is 124 Å². The van der Waals surface area contributed by atoms with Crippen LogP contribution in [-0.2, 0) is 11.3 Å². The zero-order valence-corrected chi connectivity index (χ0v) is 20.1. The second-order valence-corrected chi connectivity index (χ2v) is 8.89. The SMILES string of the molecule is O=C(NCCn1nc(-n2cncn2)ccc1=O)C1CCCN(c2ccc(-c3ccc(Cl)cc3)nn2)C1. The highest BCUT2D eigenvalue weighted by Gasteiger charge is 2.26. The summed E-state index contributed by atoms with van der Waals surface area (Å²) in [6.07, 6.45) is 4.56. The third-order valence-electron chi connectivity index (χ3n) is 6.04. The van der Waals surface area contributed by atoms with Gasteiger partial charge in [0.25, 0.3) is 5.56 Å². The van der Waals surface area contributed by atoms with E-state index in [9.17, 15) is 9.59 Å². The molecule has 0 bridgehead atoms. The first-order valence-corrected chi connectivity index (χ1v) is 12.0. The molecule has 5 rings (SSSR count). The van der Waals surface area contributed by atoms with Crippen LogP contribution in [0.4, 0.5) is 5.82 Å². The first-order valence-electron chi connectivity index (χ1n) is 11.6. The van der Waals surface area contributed by atoms with E-state index in [1.807, 2.05) is 36.4 Å². The summed E-state index contributed by atoms with van der Waals surface area (Å²) in [4.78, 5) is 31.0. The average molecular weight is 506 g/mol. The minimum Gasteiger partial charge on any atom is -0.354 e. The summed E-state index contributed by atoms with van der Waals surface area (Å²) in [6.45, 7) is 1.91. The van der Waals surface area contributed by atoms with Crippen LogP contribution in [0, 0.1) is 5.92 Å². The van der Waals surface area contributed by atoms with Crippen LogP contribution in [0.2, 0.25) is 5.02 Å². The molecule has 4 aromatic rings. The second-order valence-electron chi connectivity index (χ2n) is 8.45. The molecule has 0 aliphatic carbocycles. The predicted octanol–water partition coefficient (Wildman–Crippen LogP) is 1.97. The maximum atomic E-state index is 12.9. The number of rotatable bonds is 7. The lowest BCUT2D eigenvalue weighted by Crippen LogP contribution is -2.44. The van der Waals surface area contributed by atoms with Gasteiger partial charge in [-0.05, 0) is 43.2 Å². The Labute approximate surface area is 211 Å². The van der Waals surface area contributed by atoms with Crippen molar-refractivity contribution >= 4 is 23.3 Å². The van der Waals surface area contributed by atoms with E-state index in [0.29, 0.717) is 23.9 Å². The molecule has 0 radical (unpaired) electrons. The summed E-state index contributed by atoms with van der Waals surface area (Å²) in [7, 11) is 0. The molecule has 1 saturated heterocycles. The lowest BCUT2D eigenvalue weighted by molar-refractivity contribution is -0.125. The number of hydrogen-bond acceptors (Lipinski definition) is 8. The minimum atomic E-state index is -0.252. The van der Waals surface area contributed by atoms with Crippen LogP contribution >= 0.6 is 11.6 Å². The molecule has 4 heterocycles. The number of piperidine rings is 1. The Kier molecular flexibility index (Phi) is 6.99. The second kappa shape index (κ2) is 10.6. The van der Waals surface area contributed by atoms with Crippen molar-refractivity contribution in [2.75, 3.05) is 24.5 Å². The van der Waals surface area contributed by atoms with E-state index in [2.05, 4.69) is 35.6 Å². The van der Waals surface area contributed by atoms with Gasteiger partial charge in [0, 0.05) is 36.3 Å². The molecule has 0 saturated carbocycles. The number of amides is 1. The van der Waals surface area contributed by atoms with Crippen molar-refractivity contribution in [3.63, 3.8) is 0 Å². The van der Waals surface area contributed by atoms with Gasteiger partial charge in [-0.1, -0.05) is 23.7 Å². The van der Waals surface area contributed by atoms with Crippen molar-refractivity contribution in [2.45, 2.75) is 19.4 Å². The number of aromatic nitrogens is 7. The maximum absolute atomic E-state index is 12.9. The molecule has 1 unspecified atom stereocenters. The third-order valence-corrected chi connectivity index (χ3v) is 6.29. The van der Waals surface area contributed by atoms with E-state index < -0.39 is 0 Å². The summed E-state index contributed by atoms with van der Waals surface area (Å²) in [5.74, 6) is 0.990. The molecule has 1 amide bonds. The van der Waals surface area contributed by atoms with Gasteiger partial charge in [0.2, 0.25) is 5.91 Å². The average Bonchev–Trinajstić information content (AvgIpc) is 3.45. The molecule has 12 heteroatoms. The van der Waals surface area contributed by atoms with Crippen LogP contribution in [0.25, 0.3) is 17.1 Å². The maximum Gasteiger partial charge on any atom is 0.266 e. The summed E-state index contributed by atoms with van der Waals surface area (Å²) in [6, 6.07) is 14.3. The first kappa shape index (κ1) is 23.6. The lowest BCUT2D eigenvalue weighted by Gasteiger charge is -2.32. The van der Waals surface area contributed by atoms with Crippen molar-refractivity contribution in [1.29, 1.82) is 0 Å². The molecule has 0 spiro atoms. The number of benzene rings is 1. The molecule has 11 nitrogen and oxygen atoms in total. The Balaban J connectivity index is 1.16. The summed E-state index contributed by atoms with van der Waals surface area (Å²) in [5, 5.41) is 20.7. The Bertz CT molecular complexity index is 1370. The van der Waals surface area contributed by atoms with E-state index in [4.69, 9.17) is 11.6 Å². The lowest BCUT2D eigenvalue weighted by atomic mass is 9.97. The number of anilines is 1. The molecule has 1 aliphatic heterocycles. The normalized spacial score (nSPS) is 15.6. The molecule has 1 aromatic carbocycles. The van der Waals surface area contributed by atoms with Crippen LogP contribution in [0.3, 0.4) is 0 Å². The molecule has 1 atom stereocenters. The number of hydrogen-bond donors (Lipinski definition) is 1. The highest BCUT2D eigenvalue weighted by molar-refractivity contribution is 6.30. The molecule has 3 aromatic heterocycles. The number of nitrogens with zero attached hydrogens (tertiary/aromatic N) is 8. The molecule has 36 heavy (non-hydrogen) atoms. The van der Waals surface area contributed by atoms with E-state index in [1.165, 1.54) is 28.1 Å². The van der Waals surface area contributed by atoms with E-state index >= 15 is 0 Å². The fourth-order valence-electron chi connectivity index (χ4n) is 4.14. The smallest absolute Gasteiger partial charge is 0.266 e. The molecular weight excluding hydrogens is 482 g/mol. The van der Waals surface area contributed by atoms with Crippen LogP contribution in [0.15, 0.2) is 66.0 Å². The van der Waals surface area contributed by atoms with Gasteiger partial charge >= 0.3 is 0 Å². The van der Waals surface area contributed by atoms with Crippen molar-refractivity contribution in [2.24, 2.45) is 5.92 Å². The minimum absolute atomic E-state index is 0.0501. The molecular formula is C24H24ClN9O2. The van der Waals surface area contributed by atoms with Crippen molar-refractivity contribution in [3.05, 3.63) is 76.6 Å². The van der Waals surface area contributed by atoms with Gasteiger partial charge in [0.05, 0.1) is 18.2 Å². The zero-order chi connectivity index (χ0) is 24.9. The van der Waals surface area contributed by atoms with Crippen molar-refractivity contribution in [1.82, 2.24) is 40.1 Å². The van der Waals surface area contributed by atoms with Gasteiger partial charge in [0.1, 0.15) is 12.7 Å². The Morgan fingerprint density at radius 3 is 2.64 bits per heavy atom. The largest absolute Gasteiger partial charge is 0.354 e. The van der Waals surface area contributed by atoms with Crippen LogP contribution in [-0.4, -0.2) is 60.3 Å². The van der Waals surface area contributed by atoms with Crippen molar-refractivity contribution in [3.8, 4) is 17.1 Å². The Hall–Kier alpha value is -4.12. The molecule has 1 N–H and O–H groups in total. The van der Waals surface area contributed by atoms with Gasteiger partial charge in [-0.25, -0.2) is 14.3 Å². The third kappa shape index (κ3) is 5.41. The first-order chi connectivity index (χ1) is 17.6. The quantitative estimate of drug-likeness (QED) is 0.404. The summed E-state index contributed by atoms with van der Waals surface area (Å²) in [5.41, 5.74) is 1.45. The number of carbonyl (C=O) groups is 1. The van der Waals surface area contributed by atoms with Gasteiger partial charge < -0.3 is 10.2 Å². The van der Waals surface area contributed by atoms with Gasteiger partial charge in [-0.3, -0.25) is 9.59 Å². The number of nitrogens with one attached hydrogen (secondary N) is 1. The van der Waals surface area contributed by atoms with Crippen LogP contribution in [0.1, 0.15) is 12.8 Å². The monoisotopic (exact) mass is 505 g/mol.